The fourth-order valence-electron chi connectivity index (χ4n) is 2.16. The van der Waals surface area contributed by atoms with Crippen molar-refractivity contribution < 1.29 is 9.53 Å². The van der Waals surface area contributed by atoms with Gasteiger partial charge in [-0.3, -0.25) is 4.98 Å². The summed E-state index contributed by atoms with van der Waals surface area (Å²) in [5.74, 6) is -0.252. The number of pyridine rings is 1. The average molecular weight is 239 g/mol. The minimum Gasteiger partial charge on any atom is -0.454 e. The summed E-state index contributed by atoms with van der Waals surface area (Å²) in [6, 6.07) is 12.0. The Morgan fingerprint density at radius 1 is 1.22 bits per heavy atom. The van der Waals surface area contributed by atoms with Gasteiger partial charge in [-0.15, -0.1) is 0 Å². The third kappa shape index (κ3) is 1.99. The number of hydrogen-bond donors (Lipinski definition) is 0. The number of fused-ring (bicyclic) bond motifs is 1. The molecule has 0 aliphatic carbocycles. The SMILES string of the molecule is CC1=CC(=O)O[C@H]1Cc1ccc2ccccc2n1. The van der Waals surface area contributed by atoms with Crippen molar-refractivity contribution in [1.82, 2.24) is 4.98 Å². The van der Waals surface area contributed by atoms with Crippen LogP contribution in [0, 0.1) is 0 Å². The molecule has 3 rings (SSSR count). The highest BCUT2D eigenvalue weighted by molar-refractivity contribution is 5.85. The maximum absolute atomic E-state index is 11.1. The van der Waals surface area contributed by atoms with E-state index in [4.69, 9.17) is 4.74 Å². The second kappa shape index (κ2) is 4.26. The van der Waals surface area contributed by atoms with E-state index >= 15 is 0 Å². The van der Waals surface area contributed by atoms with Crippen molar-refractivity contribution in [3.63, 3.8) is 0 Å². The molecule has 90 valence electrons. The van der Waals surface area contributed by atoms with Gasteiger partial charge in [0.25, 0.3) is 0 Å². The largest absolute Gasteiger partial charge is 0.454 e. The Bertz CT molecular complexity index is 646. The van der Waals surface area contributed by atoms with Gasteiger partial charge < -0.3 is 4.74 Å². The van der Waals surface area contributed by atoms with E-state index in [0.29, 0.717) is 6.42 Å². The maximum atomic E-state index is 11.1. The van der Waals surface area contributed by atoms with Crippen molar-refractivity contribution in [1.29, 1.82) is 0 Å². The topological polar surface area (TPSA) is 39.2 Å². The lowest BCUT2D eigenvalue weighted by Gasteiger charge is -2.11. The first kappa shape index (κ1) is 11.0. The number of para-hydroxylation sites is 1. The van der Waals surface area contributed by atoms with Crippen molar-refractivity contribution >= 4 is 16.9 Å². The summed E-state index contributed by atoms with van der Waals surface area (Å²) in [7, 11) is 0. The monoisotopic (exact) mass is 239 g/mol. The van der Waals surface area contributed by atoms with Crippen molar-refractivity contribution in [2.75, 3.05) is 0 Å². The van der Waals surface area contributed by atoms with Crippen LogP contribution in [0.2, 0.25) is 0 Å². The van der Waals surface area contributed by atoms with E-state index in [1.807, 2.05) is 43.3 Å². The summed E-state index contributed by atoms with van der Waals surface area (Å²) >= 11 is 0. The zero-order valence-electron chi connectivity index (χ0n) is 10.1. The van der Waals surface area contributed by atoms with Crippen LogP contribution in [-0.4, -0.2) is 17.1 Å². The summed E-state index contributed by atoms with van der Waals surface area (Å²) in [4.78, 5) is 15.7. The van der Waals surface area contributed by atoms with E-state index in [0.717, 1.165) is 22.2 Å². The van der Waals surface area contributed by atoms with Gasteiger partial charge in [0.05, 0.1) is 5.52 Å². The van der Waals surface area contributed by atoms with Gasteiger partial charge in [0.15, 0.2) is 0 Å². The van der Waals surface area contributed by atoms with Crippen molar-refractivity contribution in [2.24, 2.45) is 0 Å². The number of rotatable bonds is 2. The molecule has 0 unspecified atom stereocenters. The fourth-order valence-corrected chi connectivity index (χ4v) is 2.16. The van der Waals surface area contributed by atoms with Gasteiger partial charge >= 0.3 is 5.97 Å². The van der Waals surface area contributed by atoms with Crippen LogP contribution in [-0.2, 0) is 16.0 Å². The third-order valence-corrected chi connectivity index (χ3v) is 3.16. The van der Waals surface area contributed by atoms with Crippen LogP contribution in [0.1, 0.15) is 12.6 Å². The Hall–Kier alpha value is -2.16. The van der Waals surface area contributed by atoms with E-state index in [-0.39, 0.29) is 12.1 Å². The maximum Gasteiger partial charge on any atom is 0.331 e. The summed E-state index contributed by atoms with van der Waals surface area (Å²) < 4.78 is 5.22. The number of esters is 1. The quantitative estimate of drug-likeness (QED) is 0.756. The molecule has 0 radical (unpaired) electrons. The van der Waals surface area contributed by atoms with Gasteiger partial charge in [-0.1, -0.05) is 24.3 Å². The molecule has 0 saturated heterocycles. The Kier molecular flexibility index (Phi) is 2.59. The second-order valence-electron chi connectivity index (χ2n) is 4.51. The van der Waals surface area contributed by atoms with Gasteiger partial charge in [0, 0.05) is 23.6 Å². The number of ether oxygens (including phenoxy) is 1. The number of aromatic nitrogens is 1. The minimum atomic E-state index is -0.252. The molecule has 0 fully saturated rings. The summed E-state index contributed by atoms with van der Waals surface area (Å²) in [5, 5.41) is 1.12. The lowest BCUT2D eigenvalue weighted by molar-refractivity contribution is -0.138. The lowest BCUT2D eigenvalue weighted by atomic mass is 10.1. The minimum absolute atomic E-state index is 0.161. The molecule has 1 aromatic heterocycles. The number of benzene rings is 1. The molecule has 1 atom stereocenters. The molecule has 0 N–H and O–H groups in total. The zero-order chi connectivity index (χ0) is 12.5. The van der Waals surface area contributed by atoms with Crippen LogP contribution < -0.4 is 0 Å². The van der Waals surface area contributed by atoms with Gasteiger partial charge in [-0.25, -0.2) is 4.79 Å². The number of hydrogen-bond acceptors (Lipinski definition) is 3. The van der Waals surface area contributed by atoms with Crippen molar-refractivity contribution in [2.45, 2.75) is 19.4 Å². The Labute approximate surface area is 105 Å². The number of carbonyl (C=O) groups is 1. The first-order chi connectivity index (χ1) is 8.72. The number of nitrogens with zero attached hydrogens (tertiary/aromatic N) is 1. The molecule has 3 nitrogen and oxygen atoms in total. The molecule has 2 aromatic rings. The second-order valence-corrected chi connectivity index (χ2v) is 4.51. The number of carbonyl (C=O) groups excluding carboxylic acids is 1. The van der Waals surface area contributed by atoms with Gasteiger partial charge in [0.1, 0.15) is 6.10 Å². The van der Waals surface area contributed by atoms with E-state index in [2.05, 4.69) is 4.98 Å². The standard InChI is InChI=1S/C15H13NO2/c1-10-8-15(17)18-14(10)9-12-7-6-11-4-2-3-5-13(11)16-12/h2-8,14H,9H2,1H3/t14-/m0/s1. The van der Waals surface area contributed by atoms with E-state index in [1.165, 1.54) is 0 Å². The predicted octanol–water partition coefficient (Wildman–Crippen LogP) is 2.65. The molecule has 1 aromatic carbocycles. The smallest absolute Gasteiger partial charge is 0.331 e. The normalized spacial score (nSPS) is 18.8. The van der Waals surface area contributed by atoms with Crippen LogP contribution >= 0.6 is 0 Å². The summed E-state index contributed by atoms with van der Waals surface area (Å²) in [6.07, 6.45) is 2.02. The van der Waals surface area contributed by atoms with Crippen molar-refractivity contribution in [3.05, 3.63) is 53.7 Å². The highest BCUT2D eigenvalue weighted by Gasteiger charge is 2.23. The predicted molar refractivity (Wildman–Crippen MR) is 69.1 cm³/mol. The van der Waals surface area contributed by atoms with Crippen LogP contribution in [0.5, 0.6) is 0 Å². The first-order valence-electron chi connectivity index (χ1n) is 5.96. The molecular formula is C15H13NO2. The molecule has 0 bridgehead atoms. The molecule has 18 heavy (non-hydrogen) atoms. The Balaban J connectivity index is 1.87. The fraction of sp³-hybridized carbons (Fsp3) is 0.200. The van der Waals surface area contributed by atoms with Gasteiger partial charge in [0.2, 0.25) is 0 Å². The van der Waals surface area contributed by atoms with Crippen molar-refractivity contribution in [3.8, 4) is 0 Å². The molecule has 2 heterocycles. The Morgan fingerprint density at radius 3 is 2.83 bits per heavy atom. The van der Waals surface area contributed by atoms with Crippen LogP contribution in [0.15, 0.2) is 48.0 Å². The van der Waals surface area contributed by atoms with E-state index in [1.54, 1.807) is 6.08 Å². The highest BCUT2D eigenvalue weighted by atomic mass is 16.5. The molecule has 1 aliphatic heterocycles. The molecule has 0 saturated carbocycles. The van der Waals surface area contributed by atoms with Gasteiger partial charge in [-0.2, -0.15) is 0 Å². The van der Waals surface area contributed by atoms with E-state index in [9.17, 15) is 4.79 Å². The number of cyclic esters (lactones) is 1. The summed E-state index contributed by atoms with van der Waals surface area (Å²) in [5.41, 5.74) is 2.89. The third-order valence-electron chi connectivity index (χ3n) is 3.16. The zero-order valence-corrected chi connectivity index (χ0v) is 10.1. The summed E-state index contributed by atoms with van der Waals surface area (Å²) in [6.45, 7) is 1.91. The molecule has 1 aliphatic rings. The van der Waals surface area contributed by atoms with Crippen LogP contribution in [0.4, 0.5) is 0 Å². The van der Waals surface area contributed by atoms with Crippen LogP contribution in [0.25, 0.3) is 10.9 Å². The molecule has 0 spiro atoms. The molecule has 0 amide bonds. The van der Waals surface area contributed by atoms with E-state index < -0.39 is 0 Å². The van der Waals surface area contributed by atoms with Crippen LogP contribution in [0.3, 0.4) is 0 Å². The highest BCUT2D eigenvalue weighted by Crippen LogP contribution is 2.20. The lowest BCUT2D eigenvalue weighted by Crippen LogP contribution is -2.14. The molecular weight excluding hydrogens is 226 g/mol. The first-order valence-corrected chi connectivity index (χ1v) is 5.96. The molecule has 3 heteroatoms. The Morgan fingerprint density at radius 2 is 2.06 bits per heavy atom. The average Bonchev–Trinajstić information content (AvgIpc) is 2.68. The van der Waals surface area contributed by atoms with Gasteiger partial charge in [-0.05, 0) is 24.6 Å².